The van der Waals surface area contributed by atoms with Crippen LogP contribution in [0.3, 0.4) is 0 Å². The first kappa shape index (κ1) is 11.1. The molecule has 2 aromatic rings. The molecule has 0 fully saturated rings. The minimum atomic E-state index is -0.410. The molecule has 0 N–H and O–H groups in total. The molecule has 0 saturated heterocycles. The molecule has 0 spiro atoms. The zero-order valence-electron chi connectivity index (χ0n) is 9.28. The fourth-order valence-electron chi connectivity index (χ4n) is 1.41. The largest absolute Gasteiger partial charge is 0.275 e. The number of non-ortho nitro benzene ring substituents is 1. The van der Waals surface area contributed by atoms with E-state index in [1.807, 2.05) is 31.5 Å². The summed E-state index contributed by atoms with van der Waals surface area (Å²) in [4.78, 5) is 10.1. The van der Waals surface area contributed by atoms with E-state index in [2.05, 4.69) is 5.10 Å². The third-order valence-electron chi connectivity index (χ3n) is 2.28. The van der Waals surface area contributed by atoms with E-state index in [-0.39, 0.29) is 5.69 Å². The zero-order chi connectivity index (χ0) is 12.3. The third-order valence-corrected chi connectivity index (χ3v) is 2.28. The van der Waals surface area contributed by atoms with E-state index in [0.717, 1.165) is 11.3 Å². The number of benzene rings is 1. The minimum Gasteiger partial charge on any atom is -0.275 e. The molecule has 0 aliphatic rings. The highest BCUT2D eigenvalue weighted by Crippen LogP contribution is 2.13. The van der Waals surface area contributed by atoms with Gasteiger partial charge in [-0.1, -0.05) is 6.08 Å². The summed E-state index contributed by atoms with van der Waals surface area (Å²) in [7, 11) is 1.85. The van der Waals surface area contributed by atoms with Crippen LogP contribution in [0.5, 0.6) is 0 Å². The highest BCUT2D eigenvalue weighted by molar-refractivity contribution is 5.68. The van der Waals surface area contributed by atoms with Crippen molar-refractivity contribution < 1.29 is 4.92 Å². The molecule has 0 bridgehead atoms. The van der Waals surface area contributed by atoms with Crippen molar-refractivity contribution in [1.29, 1.82) is 0 Å². The lowest BCUT2D eigenvalue weighted by Crippen LogP contribution is -1.87. The molecule has 5 nitrogen and oxygen atoms in total. The summed E-state index contributed by atoms with van der Waals surface area (Å²) in [6, 6.07) is 8.27. The van der Waals surface area contributed by atoms with Gasteiger partial charge in [0.25, 0.3) is 5.69 Å². The molecular formula is C12H11N3O2. The summed E-state index contributed by atoms with van der Waals surface area (Å²) in [5.74, 6) is 0. The van der Waals surface area contributed by atoms with Crippen molar-refractivity contribution in [2.45, 2.75) is 0 Å². The Hall–Kier alpha value is -2.43. The predicted octanol–water partition coefficient (Wildman–Crippen LogP) is 2.50. The van der Waals surface area contributed by atoms with E-state index in [4.69, 9.17) is 0 Å². The summed E-state index contributed by atoms with van der Waals surface area (Å²) in [5.41, 5.74) is 1.85. The van der Waals surface area contributed by atoms with Crippen LogP contribution in [-0.4, -0.2) is 14.7 Å². The van der Waals surface area contributed by atoms with Gasteiger partial charge in [0.05, 0.1) is 10.6 Å². The summed E-state index contributed by atoms with van der Waals surface area (Å²) in [6.07, 6.45) is 5.59. The highest BCUT2D eigenvalue weighted by Gasteiger charge is 2.02. The van der Waals surface area contributed by atoms with Crippen LogP contribution in [-0.2, 0) is 7.05 Å². The normalized spacial score (nSPS) is 10.9. The first-order chi connectivity index (χ1) is 8.15. The topological polar surface area (TPSA) is 61.0 Å². The monoisotopic (exact) mass is 229 g/mol. The Kier molecular flexibility index (Phi) is 3.00. The van der Waals surface area contributed by atoms with Gasteiger partial charge in [-0.2, -0.15) is 5.10 Å². The Balaban J connectivity index is 2.13. The van der Waals surface area contributed by atoms with E-state index in [0.29, 0.717) is 0 Å². The standard InChI is InChI=1S/C12H11N3O2/c1-14-9-8-11(13-14)5-2-10-3-6-12(7-4-10)15(16)17/h2-9H,1H3/b5-2+. The van der Waals surface area contributed by atoms with Gasteiger partial charge in [0, 0.05) is 25.4 Å². The molecule has 0 aliphatic heterocycles. The molecule has 0 amide bonds. The molecule has 0 aliphatic carbocycles. The second kappa shape index (κ2) is 4.61. The summed E-state index contributed by atoms with van der Waals surface area (Å²) < 4.78 is 1.72. The Bertz CT molecular complexity index is 555. The number of aromatic nitrogens is 2. The van der Waals surface area contributed by atoms with Crippen LogP contribution >= 0.6 is 0 Å². The van der Waals surface area contributed by atoms with Crippen molar-refractivity contribution in [1.82, 2.24) is 9.78 Å². The third kappa shape index (κ3) is 2.78. The van der Waals surface area contributed by atoms with Gasteiger partial charge in [0.1, 0.15) is 0 Å². The van der Waals surface area contributed by atoms with E-state index < -0.39 is 4.92 Å². The lowest BCUT2D eigenvalue weighted by Gasteiger charge is -1.93. The Morgan fingerprint density at radius 1 is 1.24 bits per heavy atom. The molecule has 2 rings (SSSR count). The molecule has 0 unspecified atom stereocenters. The average Bonchev–Trinajstić information content (AvgIpc) is 2.73. The second-order valence-electron chi connectivity index (χ2n) is 3.60. The van der Waals surface area contributed by atoms with Crippen LogP contribution in [0.15, 0.2) is 36.5 Å². The van der Waals surface area contributed by atoms with Gasteiger partial charge < -0.3 is 0 Å². The number of nitro benzene ring substituents is 1. The molecule has 0 saturated carbocycles. The second-order valence-corrected chi connectivity index (χ2v) is 3.60. The summed E-state index contributed by atoms with van der Waals surface area (Å²) in [5, 5.41) is 14.7. The van der Waals surface area contributed by atoms with Gasteiger partial charge in [-0.05, 0) is 29.8 Å². The lowest BCUT2D eigenvalue weighted by atomic mass is 10.2. The van der Waals surface area contributed by atoms with Gasteiger partial charge in [0.15, 0.2) is 0 Å². The molecule has 1 aromatic heterocycles. The van der Waals surface area contributed by atoms with Crippen LogP contribution in [0.25, 0.3) is 12.2 Å². The van der Waals surface area contributed by atoms with Gasteiger partial charge in [-0.15, -0.1) is 0 Å². The Labute approximate surface area is 98.2 Å². The Morgan fingerprint density at radius 3 is 2.47 bits per heavy atom. The van der Waals surface area contributed by atoms with Crippen LogP contribution in [0, 0.1) is 10.1 Å². The molecule has 0 atom stereocenters. The van der Waals surface area contributed by atoms with E-state index in [9.17, 15) is 10.1 Å². The molecule has 0 radical (unpaired) electrons. The van der Waals surface area contributed by atoms with Crippen LogP contribution in [0.2, 0.25) is 0 Å². The van der Waals surface area contributed by atoms with Crippen molar-refractivity contribution in [3.05, 3.63) is 57.9 Å². The molecule has 5 heteroatoms. The predicted molar refractivity (Wildman–Crippen MR) is 65.2 cm³/mol. The minimum absolute atomic E-state index is 0.0972. The number of rotatable bonds is 3. The van der Waals surface area contributed by atoms with Crippen molar-refractivity contribution in [2.75, 3.05) is 0 Å². The van der Waals surface area contributed by atoms with E-state index >= 15 is 0 Å². The molecular weight excluding hydrogens is 218 g/mol. The average molecular weight is 229 g/mol. The van der Waals surface area contributed by atoms with Crippen molar-refractivity contribution >= 4 is 17.8 Å². The van der Waals surface area contributed by atoms with Crippen LogP contribution in [0.1, 0.15) is 11.3 Å². The fourth-order valence-corrected chi connectivity index (χ4v) is 1.41. The van der Waals surface area contributed by atoms with Gasteiger partial charge >= 0.3 is 0 Å². The van der Waals surface area contributed by atoms with Crippen molar-refractivity contribution in [2.24, 2.45) is 7.05 Å². The molecule has 1 heterocycles. The van der Waals surface area contributed by atoms with Crippen molar-refractivity contribution in [3.8, 4) is 0 Å². The molecule has 86 valence electrons. The first-order valence-electron chi connectivity index (χ1n) is 5.07. The first-order valence-corrected chi connectivity index (χ1v) is 5.07. The highest BCUT2D eigenvalue weighted by atomic mass is 16.6. The number of hydrogen-bond acceptors (Lipinski definition) is 3. The number of hydrogen-bond donors (Lipinski definition) is 0. The molecule has 17 heavy (non-hydrogen) atoms. The number of nitro groups is 1. The van der Waals surface area contributed by atoms with Crippen LogP contribution in [0.4, 0.5) is 5.69 Å². The maximum Gasteiger partial charge on any atom is 0.269 e. The van der Waals surface area contributed by atoms with Crippen LogP contribution < -0.4 is 0 Å². The SMILES string of the molecule is Cn1ccc(/C=C/c2ccc([N+](=O)[O-])cc2)n1. The van der Waals surface area contributed by atoms with Gasteiger partial charge in [-0.25, -0.2) is 0 Å². The zero-order valence-corrected chi connectivity index (χ0v) is 9.28. The molecule has 1 aromatic carbocycles. The summed E-state index contributed by atoms with van der Waals surface area (Å²) in [6.45, 7) is 0. The fraction of sp³-hybridized carbons (Fsp3) is 0.0833. The number of aryl methyl sites for hydroxylation is 1. The van der Waals surface area contributed by atoms with Gasteiger partial charge in [-0.3, -0.25) is 14.8 Å². The smallest absolute Gasteiger partial charge is 0.269 e. The maximum absolute atomic E-state index is 10.5. The summed E-state index contributed by atoms with van der Waals surface area (Å²) >= 11 is 0. The quantitative estimate of drug-likeness (QED) is 0.600. The lowest BCUT2D eigenvalue weighted by molar-refractivity contribution is -0.384. The van der Waals surface area contributed by atoms with Crippen molar-refractivity contribution in [3.63, 3.8) is 0 Å². The number of nitrogens with zero attached hydrogens (tertiary/aromatic N) is 3. The Morgan fingerprint density at radius 2 is 1.94 bits per heavy atom. The van der Waals surface area contributed by atoms with E-state index in [1.54, 1.807) is 16.8 Å². The van der Waals surface area contributed by atoms with Gasteiger partial charge in [0.2, 0.25) is 0 Å². The van der Waals surface area contributed by atoms with E-state index in [1.165, 1.54) is 12.1 Å². The maximum atomic E-state index is 10.5.